The van der Waals surface area contributed by atoms with E-state index in [1.807, 2.05) is 0 Å². The normalized spacial score (nSPS) is 21.6. The molecule has 1 aromatic carbocycles. The summed E-state index contributed by atoms with van der Waals surface area (Å²) in [6, 6.07) is 11.7. The second-order valence-electron chi connectivity index (χ2n) is 8.14. The molecular formula is C24H37N. The molecule has 0 saturated heterocycles. The topological polar surface area (TPSA) is 23.8 Å². The van der Waals surface area contributed by atoms with Gasteiger partial charge in [-0.15, -0.1) is 0 Å². The van der Waals surface area contributed by atoms with E-state index in [9.17, 15) is 5.26 Å². The molecule has 1 aromatic rings. The molecule has 0 spiro atoms. The zero-order chi connectivity index (χ0) is 17.9. The molecule has 1 fully saturated rings. The highest BCUT2D eigenvalue weighted by Gasteiger charge is 2.27. The van der Waals surface area contributed by atoms with Crippen molar-refractivity contribution in [2.75, 3.05) is 0 Å². The van der Waals surface area contributed by atoms with Crippen LogP contribution in [0.1, 0.15) is 89.2 Å². The van der Waals surface area contributed by atoms with Gasteiger partial charge in [0.05, 0.1) is 12.0 Å². The molecule has 2 rings (SSSR count). The Morgan fingerprint density at radius 1 is 0.920 bits per heavy atom. The molecule has 0 radical (unpaired) electrons. The van der Waals surface area contributed by atoms with Gasteiger partial charge in [0, 0.05) is 0 Å². The Balaban J connectivity index is 1.79. The summed E-state index contributed by atoms with van der Waals surface area (Å²) < 4.78 is 0. The summed E-state index contributed by atoms with van der Waals surface area (Å²) in [4.78, 5) is 0. The number of hydrogen-bond acceptors (Lipinski definition) is 1. The molecule has 1 nitrogen and oxygen atoms in total. The summed E-state index contributed by atoms with van der Waals surface area (Å²) in [6.45, 7) is 4.52. The second kappa shape index (κ2) is 11.3. The number of rotatable bonds is 10. The van der Waals surface area contributed by atoms with Gasteiger partial charge in [-0.1, -0.05) is 83.1 Å². The van der Waals surface area contributed by atoms with E-state index in [-0.39, 0.29) is 5.92 Å². The predicted octanol–water partition coefficient (Wildman–Crippen LogP) is 7.10. The lowest BCUT2D eigenvalue weighted by atomic mass is 9.73. The molecule has 1 heteroatoms. The maximum atomic E-state index is 9.70. The average Bonchev–Trinajstić information content (AvgIpc) is 2.66. The van der Waals surface area contributed by atoms with Crippen LogP contribution in [-0.2, 0) is 12.8 Å². The van der Waals surface area contributed by atoms with Gasteiger partial charge in [-0.25, -0.2) is 0 Å². The Bertz CT molecular complexity index is 502. The predicted molar refractivity (Wildman–Crippen MR) is 107 cm³/mol. The van der Waals surface area contributed by atoms with E-state index in [1.165, 1.54) is 81.8 Å². The minimum absolute atomic E-state index is 0.207. The SMILES string of the molecule is CCCCC[C@H]1CC[C@H](C(C#N)Cc2ccc(CCCC)cc2)CC1. The first-order chi connectivity index (χ1) is 12.3. The van der Waals surface area contributed by atoms with Crippen LogP contribution in [0.25, 0.3) is 0 Å². The Labute approximate surface area is 155 Å². The molecule has 0 N–H and O–H groups in total. The molecule has 0 heterocycles. The van der Waals surface area contributed by atoms with Gasteiger partial charge in [0.2, 0.25) is 0 Å². The van der Waals surface area contributed by atoms with Crippen LogP contribution in [0.4, 0.5) is 0 Å². The van der Waals surface area contributed by atoms with Crippen LogP contribution in [0, 0.1) is 29.1 Å². The van der Waals surface area contributed by atoms with E-state index in [0.717, 1.165) is 12.3 Å². The van der Waals surface area contributed by atoms with Gasteiger partial charge in [0.15, 0.2) is 0 Å². The van der Waals surface area contributed by atoms with Crippen molar-refractivity contribution in [1.29, 1.82) is 5.26 Å². The monoisotopic (exact) mass is 339 g/mol. The lowest BCUT2D eigenvalue weighted by molar-refractivity contribution is 0.221. The van der Waals surface area contributed by atoms with Gasteiger partial charge in [-0.3, -0.25) is 0 Å². The van der Waals surface area contributed by atoms with Crippen LogP contribution in [0.2, 0.25) is 0 Å². The van der Waals surface area contributed by atoms with E-state index in [1.54, 1.807) is 0 Å². The summed E-state index contributed by atoms with van der Waals surface area (Å²) in [7, 11) is 0. The Kier molecular flexibility index (Phi) is 9.09. The summed E-state index contributed by atoms with van der Waals surface area (Å²) in [5.41, 5.74) is 2.78. The second-order valence-corrected chi connectivity index (χ2v) is 8.14. The molecule has 1 unspecified atom stereocenters. The smallest absolute Gasteiger partial charge is 0.0662 e. The number of aryl methyl sites for hydroxylation is 1. The molecule has 0 bridgehead atoms. The molecule has 0 aromatic heterocycles. The standard InChI is InChI=1S/C24H37N/c1-3-5-7-9-21-14-16-23(17-15-21)24(19-25)18-22-12-10-20(11-13-22)8-6-4-2/h10-13,21,23-24H,3-9,14-18H2,1-2H3/t21-,23-,24?. The highest BCUT2D eigenvalue weighted by molar-refractivity contribution is 5.24. The van der Waals surface area contributed by atoms with E-state index >= 15 is 0 Å². The molecule has 25 heavy (non-hydrogen) atoms. The third kappa shape index (κ3) is 6.85. The minimum atomic E-state index is 0.207. The van der Waals surface area contributed by atoms with Crippen molar-refractivity contribution >= 4 is 0 Å². The third-order valence-electron chi connectivity index (χ3n) is 6.14. The van der Waals surface area contributed by atoms with Gasteiger partial charge in [-0.05, 0) is 55.1 Å². The number of nitriles is 1. The van der Waals surface area contributed by atoms with E-state index < -0.39 is 0 Å². The van der Waals surface area contributed by atoms with E-state index in [0.29, 0.717) is 5.92 Å². The molecule has 1 aliphatic rings. The number of hydrogen-bond donors (Lipinski definition) is 0. The van der Waals surface area contributed by atoms with Gasteiger partial charge in [0.1, 0.15) is 0 Å². The zero-order valence-electron chi connectivity index (χ0n) is 16.5. The quantitative estimate of drug-likeness (QED) is 0.417. The van der Waals surface area contributed by atoms with Crippen molar-refractivity contribution < 1.29 is 0 Å². The van der Waals surface area contributed by atoms with Crippen molar-refractivity contribution in [3.8, 4) is 6.07 Å². The van der Waals surface area contributed by atoms with Crippen LogP contribution >= 0.6 is 0 Å². The molecule has 0 aliphatic heterocycles. The molecule has 1 atom stereocenters. The fourth-order valence-corrected chi connectivity index (χ4v) is 4.36. The van der Waals surface area contributed by atoms with E-state index in [4.69, 9.17) is 0 Å². The van der Waals surface area contributed by atoms with Crippen molar-refractivity contribution in [2.24, 2.45) is 17.8 Å². The molecular weight excluding hydrogens is 302 g/mol. The molecule has 1 saturated carbocycles. The molecule has 1 aliphatic carbocycles. The van der Waals surface area contributed by atoms with Crippen LogP contribution in [0.3, 0.4) is 0 Å². The summed E-state index contributed by atoms with van der Waals surface area (Å²) in [6.07, 6.45) is 15.4. The third-order valence-corrected chi connectivity index (χ3v) is 6.14. The molecule has 138 valence electrons. The highest BCUT2D eigenvalue weighted by Crippen LogP contribution is 2.36. The summed E-state index contributed by atoms with van der Waals surface area (Å²) >= 11 is 0. The average molecular weight is 340 g/mol. The largest absolute Gasteiger partial charge is 0.198 e. The first kappa shape index (κ1) is 20.0. The van der Waals surface area contributed by atoms with Gasteiger partial charge in [0.25, 0.3) is 0 Å². The van der Waals surface area contributed by atoms with Crippen LogP contribution in [0.5, 0.6) is 0 Å². The van der Waals surface area contributed by atoms with Crippen molar-refractivity contribution in [2.45, 2.75) is 90.9 Å². The zero-order valence-corrected chi connectivity index (χ0v) is 16.5. The minimum Gasteiger partial charge on any atom is -0.198 e. The Hall–Kier alpha value is -1.29. The van der Waals surface area contributed by atoms with Crippen molar-refractivity contribution in [1.82, 2.24) is 0 Å². The summed E-state index contributed by atoms with van der Waals surface area (Å²) in [5.74, 6) is 1.75. The number of benzene rings is 1. The lowest BCUT2D eigenvalue weighted by Gasteiger charge is -2.31. The highest BCUT2D eigenvalue weighted by atomic mass is 14.4. The lowest BCUT2D eigenvalue weighted by Crippen LogP contribution is -2.22. The molecule has 0 amide bonds. The van der Waals surface area contributed by atoms with Crippen molar-refractivity contribution in [3.63, 3.8) is 0 Å². The fourth-order valence-electron chi connectivity index (χ4n) is 4.36. The Morgan fingerprint density at radius 3 is 2.16 bits per heavy atom. The fraction of sp³-hybridized carbons (Fsp3) is 0.708. The van der Waals surface area contributed by atoms with Crippen LogP contribution in [0.15, 0.2) is 24.3 Å². The van der Waals surface area contributed by atoms with Gasteiger partial charge < -0.3 is 0 Å². The van der Waals surface area contributed by atoms with Gasteiger partial charge >= 0.3 is 0 Å². The Morgan fingerprint density at radius 2 is 1.56 bits per heavy atom. The van der Waals surface area contributed by atoms with E-state index in [2.05, 4.69) is 44.2 Å². The first-order valence-electron chi connectivity index (χ1n) is 10.7. The number of nitrogens with zero attached hydrogens (tertiary/aromatic N) is 1. The van der Waals surface area contributed by atoms with Gasteiger partial charge in [-0.2, -0.15) is 5.26 Å². The maximum Gasteiger partial charge on any atom is 0.0662 e. The first-order valence-corrected chi connectivity index (χ1v) is 10.7. The van der Waals surface area contributed by atoms with Crippen molar-refractivity contribution in [3.05, 3.63) is 35.4 Å². The maximum absolute atomic E-state index is 9.70. The summed E-state index contributed by atoms with van der Waals surface area (Å²) in [5, 5.41) is 9.70. The van der Waals surface area contributed by atoms with Crippen LogP contribution in [-0.4, -0.2) is 0 Å². The number of unbranched alkanes of at least 4 members (excludes halogenated alkanes) is 3. The van der Waals surface area contributed by atoms with Crippen LogP contribution < -0.4 is 0 Å².